The maximum atomic E-state index is 11.4. The third kappa shape index (κ3) is 7.34. The van der Waals surface area contributed by atoms with E-state index in [1.807, 2.05) is 0 Å². The quantitative estimate of drug-likeness (QED) is 0.685. The molecule has 1 atom stereocenters. The smallest absolute Gasteiger partial charge is 0.407 e. The minimum atomic E-state index is -0.582. The van der Waals surface area contributed by atoms with Crippen molar-refractivity contribution in [1.82, 2.24) is 10.2 Å². The molecule has 0 aliphatic carbocycles. The Morgan fingerprint density at radius 2 is 2.05 bits per heavy atom. The number of carbonyl (C=O) groups excluding carboxylic acids is 1. The molecule has 19 heavy (non-hydrogen) atoms. The van der Waals surface area contributed by atoms with Crippen molar-refractivity contribution >= 4 is 6.09 Å². The minimum absolute atomic E-state index is 0.206. The molecule has 0 unspecified atom stereocenters. The summed E-state index contributed by atoms with van der Waals surface area (Å²) in [5.74, 6) is 0. The summed E-state index contributed by atoms with van der Waals surface area (Å²) in [6.07, 6.45) is 0.854. The Morgan fingerprint density at radius 1 is 1.47 bits per heavy atom. The van der Waals surface area contributed by atoms with Crippen LogP contribution in [0.5, 0.6) is 0 Å². The van der Waals surface area contributed by atoms with Crippen molar-refractivity contribution in [2.45, 2.75) is 51.4 Å². The molecule has 0 saturated carbocycles. The molecular formula is C13H27N3O3. The first-order valence-corrected chi connectivity index (χ1v) is 6.89. The van der Waals surface area contributed by atoms with Crippen molar-refractivity contribution < 1.29 is 14.6 Å². The predicted octanol–water partition coefficient (Wildman–Crippen LogP) is 0.295. The topological polar surface area (TPSA) is 87.8 Å². The maximum absolute atomic E-state index is 11.4. The van der Waals surface area contributed by atoms with Crippen LogP contribution in [0.2, 0.25) is 0 Å². The fourth-order valence-electron chi connectivity index (χ4n) is 2.01. The Kier molecular flexibility index (Phi) is 6.03. The van der Waals surface area contributed by atoms with E-state index in [-0.39, 0.29) is 12.6 Å². The largest absolute Gasteiger partial charge is 0.444 e. The Bertz CT molecular complexity index is 283. The maximum Gasteiger partial charge on any atom is 0.407 e. The second-order valence-electron chi connectivity index (χ2n) is 6.17. The third-order valence-electron chi connectivity index (χ3n) is 2.98. The zero-order valence-electron chi connectivity index (χ0n) is 12.2. The van der Waals surface area contributed by atoms with Crippen LogP contribution in [0.25, 0.3) is 0 Å². The fourth-order valence-corrected chi connectivity index (χ4v) is 2.01. The molecule has 0 aromatic heterocycles. The SMILES string of the molecule is CC(C)(C)OC(=O)NC[C@@H](O)CN1CCC(N)CC1. The lowest BCUT2D eigenvalue weighted by Gasteiger charge is -2.31. The van der Waals surface area contributed by atoms with E-state index in [1.165, 1.54) is 0 Å². The number of hydrogen-bond acceptors (Lipinski definition) is 5. The van der Waals surface area contributed by atoms with Crippen molar-refractivity contribution in [3.05, 3.63) is 0 Å². The van der Waals surface area contributed by atoms with Crippen molar-refractivity contribution in [3.63, 3.8) is 0 Å². The summed E-state index contributed by atoms with van der Waals surface area (Å²) in [5, 5.41) is 12.4. The van der Waals surface area contributed by atoms with E-state index in [4.69, 9.17) is 10.5 Å². The van der Waals surface area contributed by atoms with E-state index >= 15 is 0 Å². The number of alkyl carbamates (subject to hydrolysis) is 1. The first kappa shape index (κ1) is 16.2. The van der Waals surface area contributed by atoms with Gasteiger partial charge >= 0.3 is 6.09 Å². The number of nitrogens with zero attached hydrogens (tertiary/aromatic N) is 1. The zero-order valence-corrected chi connectivity index (χ0v) is 12.2. The fraction of sp³-hybridized carbons (Fsp3) is 0.923. The molecular weight excluding hydrogens is 246 g/mol. The highest BCUT2D eigenvalue weighted by molar-refractivity contribution is 5.67. The first-order chi connectivity index (χ1) is 8.76. The van der Waals surface area contributed by atoms with Gasteiger partial charge in [0.15, 0.2) is 0 Å². The number of nitrogens with one attached hydrogen (secondary N) is 1. The zero-order chi connectivity index (χ0) is 14.5. The van der Waals surface area contributed by atoms with Crippen LogP contribution >= 0.6 is 0 Å². The average molecular weight is 273 g/mol. The van der Waals surface area contributed by atoms with Crippen LogP contribution in [0.1, 0.15) is 33.6 Å². The van der Waals surface area contributed by atoms with E-state index in [1.54, 1.807) is 20.8 Å². The monoisotopic (exact) mass is 273 g/mol. The minimum Gasteiger partial charge on any atom is -0.444 e. The second kappa shape index (κ2) is 7.07. The van der Waals surface area contributed by atoms with Gasteiger partial charge in [0, 0.05) is 19.1 Å². The Morgan fingerprint density at radius 3 is 2.58 bits per heavy atom. The molecule has 0 aromatic rings. The predicted molar refractivity (Wildman–Crippen MR) is 73.9 cm³/mol. The lowest BCUT2D eigenvalue weighted by atomic mass is 10.1. The molecule has 1 aliphatic heterocycles. The summed E-state index contributed by atoms with van der Waals surface area (Å²) in [6.45, 7) is 8.00. The third-order valence-corrected chi connectivity index (χ3v) is 2.98. The number of likely N-dealkylation sites (tertiary alicyclic amines) is 1. The molecule has 6 heteroatoms. The summed E-state index contributed by atoms with van der Waals surface area (Å²) in [7, 11) is 0. The molecule has 1 fully saturated rings. The van der Waals surface area contributed by atoms with Gasteiger partial charge in [-0.25, -0.2) is 4.79 Å². The molecule has 112 valence electrons. The standard InChI is InChI=1S/C13H27N3O3/c1-13(2,3)19-12(18)15-8-11(17)9-16-6-4-10(14)5-7-16/h10-11,17H,4-9,14H2,1-3H3,(H,15,18)/t11-/m1/s1. The Hall–Kier alpha value is -0.850. The number of β-amino-alcohol motifs (C(OH)–C–C–N with tert-alkyl or cyclic N) is 1. The number of aliphatic hydroxyl groups is 1. The van der Waals surface area contributed by atoms with Crippen molar-refractivity contribution in [2.75, 3.05) is 26.2 Å². The number of nitrogens with two attached hydrogens (primary N) is 1. The highest BCUT2D eigenvalue weighted by Gasteiger charge is 2.20. The average Bonchev–Trinajstić information content (AvgIpc) is 2.27. The van der Waals surface area contributed by atoms with Gasteiger partial charge < -0.3 is 25.8 Å². The Balaban J connectivity index is 2.17. The van der Waals surface area contributed by atoms with Crippen LogP contribution in [0.3, 0.4) is 0 Å². The van der Waals surface area contributed by atoms with Crippen LogP contribution in [0.15, 0.2) is 0 Å². The lowest BCUT2D eigenvalue weighted by Crippen LogP contribution is -2.46. The van der Waals surface area contributed by atoms with Gasteiger partial charge in [0.25, 0.3) is 0 Å². The summed E-state index contributed by atoms with van der Waals surface area (Å²) in [5.41, 5.74) is 5.31. The van der Waals surface area contributed by atoms with Gasteiger partial charge in [-0.1, -0.05) is 0 Å². The van der Waals surface area contributed by atoms with Crippen LogP contribution < -0.4 is 11.1 Å². The van der Waals surface area contributed by atoms with E-state index in [9.17, 15) is 9.90 Å². The summed E-state index contributed by atoms with van der Waals surface area (Å²) in [6, 6.07) is 0.285. The van der Waals surface area contributed by atoms with E-state index < -0.39 is 17.8 Å². The summed E-state index contributed by atoms with van der Waals surface area (Å²) in [4.78, 5) is 13.6. The molecule has 1 heterocycles. The summed E-state index contributed by atoms with van der Waals surface area (Å²) >= 11 is 0. The van der Waals surface area contributed by atoms with Crippen molar-refractivity contribution in [2.24, 2.45) is 5.73 Å². The number of aliphatic hydroxyl groups excluding tert-OH is 1. The highest BCUT2D eigenvalue weighted by Crippen LogP contribution is 2.09. The van der Waals surface area contributed by atoms with Gasteiger partial charge in [0.05, 0.1) is 6.10 Å². The van der Waals surface area contributed by atoms with Crippen LogP contribution in [-0.4, -0.2) is 60.0 Å². The molecule has 6 nitrogen and oxygen atoms in total. The molecule has 0 radical (unpaired) electrons. The number of rotatable bonds is 4. The highest BCUT2D eigenvalue weighted by atomic mass is 16.6. The second-order valence-corrected chi connectivity index (χ2v) is 6.17. The van der Waals surface area contributed by atoms with Gasteiger partial charge in [0.1, 0.15) is 5.60 Å². The molecule has 1 saturated heterocycles. The number of piperidine rings is 1. The first-order valence-electron chi connectivity index (χ1n) is 6.89. The van der Waals surface area contributed by atoms with Gasteiger partial charge in [-0.05, 0) is 46.7 Å². The number of ether oxygens (including phenoxy) is 1. The van der Waals surface area contributed by atoms with Crippen molar-refractivity contribution in [3.8, 4) is 0 Å². The van der Waals surface area contributed by atoms with E-state index in [0.29, 0.717) is 6.54 Å². The summed E-state index contributed by atoms with van der Waals surface area (Å²) < 4.78 is 5.10. The molecule has 4 N–H and O–H groups in total. The lowest BCUT2D eigenvalue weighted by molar-refractivity contribution is 0.0460. The van der Waals surface area contributed by atoms with Gasteiger partial charge in [-0.3, -0.25) is 0 Å². The molecule has 1 amide bonds. The van der Waals surface area contributed by atoms with Gasteiger partial charge in [-0.2, -0.15) is 0 Å². The number of carbonyl (C=O) groups is 1. The van der Waals surface area contributed by atoms with E-state index in [0.717, 1.165) is 25.9 Å². The molecule has 1 rings (SSSR count). The van der Waals surface area contributed by atoms with Crippen LogP contribution in [0.4, 0.5) is 4.79 Å². The van der Waals surface area contributed by atoms with Crippen molar-refractivity contribution in [1.29, 1.82) is 0 Å². The van der Waals surface area contributed by atoms with E-state index in [2.05, 4.69) is 10.2 Å². The Labute approximate surface area is 115 Å². The molecule has 0 aromatic carbocycles. The van der Waals surface area contributed by atoms with Crippen LogP contribution in [-0.2, 0) is 4.74 Å². The van der Waals surface area contributed by atoms with Crippen LogP contribution in [0, 0.1) is 0 Å². The van der Waals surface area contributed by atoms with Gasteiger partial charge in [-0.15, -0.1) is 0 Å². The molecule has 1 aliphatic rings. The number of hydrogen-bond donors (Lipinski definition) is 3. The normalized spacial score (nSPS) is 20.1. The molecule has 0 spiro atoms. The number of amides is 1. The van der Waals surface area contributed by atoms with Gasteiger partial charge in [0.2, 0.25) is 0 Å². The molecule has 0 bridgehead atoms.